The van der Waals surface area contributed by atoms with Gasteiger partial charge in [0, 0.05) is 44.0 Å². The average molecular weight is 689 g/mol. The normalized spacial score (nSPS) is 11.3. The third kappa shape index (κ3) is 5.76. The first-order valence-electron chi connectivity index (χ1n) is 18.1. The second-order valence-electron chi connectivity index (χ2n) is 13.4. The average Bonchev–Trinajstić information content (AvgIpc) is 3.26. The van der Waals surface area contributed by atoms with Gasteiger partial charge in [0.25, 0.3) is 0 Å². The Morgan fingerprint density at radius 3 is 1.43 bits per heavy atom. The van der Waals surface area contributed by atoms with E-state index in [-0.39, 0.29) is 0 Å². The lowest BCUT2D eigenvalue weighted by Crippen LogP contribution is -1.96. The molecule has 0 bridgehead atoms. The van der Waals surface area contributed by atoms with E-state index in [0.29, 0.717) is 5.82 Å². The Hall–Kier alpha value is -7.30. The molecule has 54 heavy (non-hydrogen) atoms. The summed E-state index contributed by atoms with van der Waals surface area (Å²) in [5.41, 5.74) is 14.1. The van der Waals surface area contributed by atoms with Gasteiger partial charge in [-0.3, -0.25) is 0 Å². The van der Waals surface area contributed by atoms with Gasteiger partial charge in [0.15, 0.2) is 5.82 Å². The van der Waals surface area contributed by atoms with E-state index in [0.717, 1.165) is 72.0 Å². The highest BCUT2D eigenvalue weighted by Crippen LogP contribution is 2.38. The molecule has 0 fully saturated rings. The second-order valence-corrected chi connectivity index (χ2v) is 13.4. The summed E-state index contributed by atoms with van der Waals surface area (Å²) in [7, 11) is 0. The smallest absolute Gasteiger partial charge is 0.160 e. The van der Waals surface area contributed by atoms with Crippen LogP contribution < -0.4 is 0 Å². The quantitative estimate of drug-likeness (QED) is 0.129. The van der Waals surface area contributed by atoms with Crippen LogP contribution in [-0.4, -0.2) is 19.9 Å². The highest BCUT2D eigenvalue weighted by molar-refractivity contribution is 6.16. The van der Waals surface area contributed by atoms with Crippen molar-refractivity contribution in [2.45, 2.75) is 0 Å². The zero-order valence-electron chi connectivity index (χ0n) is 29.3. The molecule has 0 aliphatic carbocycles. The van der Waals surface area contributed by atoms with E-state index in [2.05, 4.69) is 164 Å². The molecule has 0 saturated heterocycles. The Bertz CT molecular complexity index is 2940. The van der Waals surface area contributed by atoms with Crippen LogP contribution in [0.25, 0.3) is 100 Å². The molecule has 252 valence electrons. The van der Waals surface area contributed by atoms with Crippen molar-refractivity contribution in [1.82, 2.24) is 19.9 Å². The molecule has 0 unspecified atom stereocenters. The van der Waals surface area contributed by atoms with Gasteiger partial charge in [0.05, 0.1) is 33.6 Å². The molecule has 4 nitrogen and oxygen atoms in total. The first kappa shape index (κ1) is 31.4. The summed E-state index contributed by atoms with van der Waals surface area (Å²) in [5, 5.41) is 3.29. The van der Waals surface area contributed by atoms with E-state index in [9.17, 15) is 0 Å². The monoisotopic (exact) mass is 688 g/mol. The van der Waals surface area contributed by atoms with Gasteiger partial charge in [-0.1, -0.05) is 176 Å². The van der Waals surface area contributed by atoms with Crippen molar-refractivity contribution in [2.24, 2.45) is 0 Å². The highest BCUT2D eigenvalue weighted by Gasteiger charge is 2.16. The molecule has 3 aromatic heterocycles. The molecule has 0 spiro atoms. The van der Waals surface area contributed by atoms with Crippen LogP contribution in [0.2, 0.25) is 0 Å². The fraction of sp³-hybridized carbons (Fsp3) is 0. The van der Waals surface area contributed by atoms with Gasteiger partial charge in [0.1, 0.15) is 0 Å². The lowest BCUT2D eigenvalue weighted by molar-refractivity contribution is 1.18. The van der Waals surface area contributed by atoms with Crippen LogP contribution in [0.3, 0.4) is 0 Å². The number of hydrogen-bond acceptors (Lipinski definition) is 4. The number of nitrogens with zero attached hydrogens (tertiary/aromatic N) is 4. The number of hydrogen-bond donors (Lipinski definition) is 0. The minimum absolute atomic E-state index is 0.692. The molecule has 7 aromatic carbocycles. The maximum Gasteiger partial charge on any atom is 0.160 e. The van der Waals surface area contributed by atoms with Crippen molar-refractivity contribution in [2.75, 3.05) is 0 Å². The molecule has 10 rings (SSSR count). The van der Waals surface area contributed by atoms with Crippen molar-refractivity contribution in [3.63, 3.8) is 0 Å². The van der Waals surface area contributed by atoms with E-state index in [1.807, 2.05) is 30.3 Å². The van der Waals surface area contributed by atoms with E-state index in [4.69, 9.17) is 19.9 Å². The highest BCUT2D eigenvalue weighted by atomic mass is 14.9. The van der Waals surface area contributed by atoms with Gasteiger partial charge in [-0.25, -0.2) is 19.9 Å². The maximum absolute atomic E-state index is 5.27. The van der Waals surface area contributed by atoms with Crippen LogP contribution in [-0.2, 0) is 0 Å². The van der Waals surface area contributed by atoms with Gasteiger partial charge in [-0.15, -0.1) is 0 Å². The van der Waals surface area contributed by atoms with E-state index in [1.165, 1.54) is 22.3 Å². The lowest BCUT2D eigenvalue weighted by Gasteiger charge is -2.13. The van der Waals surface area contributed by atoms with E-state index < -0.39 is 0 Å². The van der Waals surface area contributed by atoms with Crippen molar-refractivity contribution in [1.29, 1.82) is 0 Å². The van der Waals surface area contributed by atoms with Crippen LogP contribution in [0.1, 0.15) is 0 Å². The fourth-order valence-electron chi connectivity index (χ4n) is 7.35. The topological polar surface area (TPSA) is 51.6 Å². The van der Waals surface area contributed by atoms with E-state index >= 15 is 0 Å². The Labute approximate surface area is 313 Å². The molecular formula is C50H32N4. The molecule has 0 N–H and O–H groups in total. The maximum atomic E-state index is 5.27. The van der Waals surface area contributed by atoms with Crippen LogP contribution in [0.4, 0.5) is 0 Å². The number of aromatic nitrogens is 4. The molecule has 4 heteroatoms. The predicted molar refractivity (Wildman–Crippen MR) is 223 cm³/mol. The Morgan fingerprint density at radius 2 is 0.778 bits per heavy atom. The number of benzene rings is 7. The van der Waals surface area contributed by atoms with Crippen LogP contribution >= 0.6 is 0 Å². The second kappa shape index (κ2) is 13.4. The molecule has 0 radical (unpaired) electrons. The van der Waals surface area contributed by atoms with Crippen molar-refractivity contribution in [3.05, 3.63) is 194 Å². The van der Waals surface area contributed by atoms with Crippen LogP contribution in [0.15, 0.2) is 194 Å². The standard InChI is InChI=1S/C50H32N4/c1-4-12-33(13-5-1)34-20-22-36(23-21-34)45-32-46(54-50(53-45)40-16-8-3-9-17-40)37-26-24-35(25-27-37)43-31-29-39-28-30-42-47(38-14-6-2-7-15-38)41-18-10-11-19-44(41)52-49(42)48(39)51-43/h1-32H. The van der Waals surface area contributed by atoms with Gasteiger partial charge in [-0.05, 0) is 34.9 Å². The SMILES string of the molecule is c1ccc(-c2ccc(-c3cc(-c4ccc(-c5ccc6ccc7c(-c8ccccc8)c8ccccc8nc7c6n5)cc4)nc(-c4ccccc4)n3)cc2)cc1. The number of rotatable bonds is 6. The third-order valence-corrected chi connectivity index (χ3v) is 10.1. The number of para-hydroxylation sites is 1. The molecule has 0 amide bonds. The summed E-state index contributed by atoms with van der Waals surface area (Å²) in [6.07, 6.45) is 0. The first-order valence-corrected chi connectivity index (χ1v) is 18.1. The Kier molecular flexibility index (Phi) is 7.77. The van der Waals surface area contributed by atoms with E-state index in [1.54, 1.807) is 0 Å². The summed E-state index contributed by atoms with van der Waals surface area (Å²) >= 11 is 0. The number of fused-ring (bicyclic) bond motifs is 4. The molecule has 0 atom stereocenters. The lowest BCUT2D eigenvalue weighted by atomic mass is 9.95. The largest absolute Gasteiger partial charge is 0.245 e. The fourth-order valence-corrected chi connectivity index (χ4v) is 7.35. The van der Waals surface area contributed by atoms with Crippen LogP contribution in [0, 0.1) is 0 Å². The molecule has 3 heterocycles. The zero-order valence-corrected chi connectivity index (χ0v) is 29.3. The minimum atomic E-state index is 0.692. The molecular weight excluding hydrogens is 657 g/mol. The van der Waals surface area contributed by atoms with Crippen molar-refractivity contribution < 1.29 is 0 Å². The van der Waals surface area contributed by atoms with Gasteiger partial charge >= 0.3 is 0 Å². The molecule has 0 aliphatic heterocycles. The Balaban J connectivity index is 1.05. The summed E-state index contributed by atoms with van der Waals surface area (Å²) in [6, 6.07) is 67.3. The zero-order chi connectivity index (χ0) is 35.8. The van der Waals surface area contributed by atoms with Gasteiger partial charge in [0.2, 0.25) is 0 Å². The Morgan fingerprint density at radius 1 is 0.278 bits per heavy atom. The van der Waals surface area contributed by atoms with Crippen molar-refractivity contribution >= 4 is 32.7 Å². The molecule has 0 aliphatic rings. The van der Waals surface area contributed by atoms with Crippen LogP contribution in [0.5, 0.6) is 0 Å². The summed E-state index contributed by atoms with van der Waals surface area (Å²) in [5.74, 6) is 0.692. The van der Waals surface area contributed by atoms with Gasteiger partial charge in [-0.2, -0.15) is 0 Å². The summed E-state index contributed by atoms with van der Waals surface area (Å²) < 4.78 is 0. The minimum Gasteiger partial charge on any atom is -0.245 e. The van der Waals surface area contributed by atoms with Crippen molar-refractivity contribution in [3.8, 4) is 67.4 Å². The summed E-state index contributed by atoms with van der Waals surface area (Å²) in [4.78, 5) is 20.6. The predicted octanol–water partition coefficient (Wildman–Crippen LogP) is 12.7. The first-order chi connectivity index (χ1) is 26.7. The molecule has 10 aromatic rings. The third-order valence-electron chi connectivity index (χ3n) is 10.1. The molecule has 0 saturated carbocycles. The number of pyridine rings is 2. The van der Waals surface area contributed by atoms with Gasteiger partial charge < -0.3 is 0 Å². The summed E-state index contributed by atoms with van der Waals surface area (Å²) in [6.45, 7) is 0.